The van der Waals surface area contributed by atoms with Crippen molar-refractivity contribution >= 4 is 28.3 Å². The minimum absolute atomic E-state index is 0. The van der Waals surface area contributed by atoms with Crippen molar-refractivity contribution in [1.82, 2.24) is 9.62 Å². The van der Waals surface area contributed by atoms with Crippen molar-refractivity contribution in [3.63, 3.8) is 0 Å². The molecule has 0 radical (unpaired) electrons. The Morgan fingerprint density at radius 1 is 1.31 bits per heavy atom. The molecule has 26 heavy (non-hydrogen) atoms. The smallest absolute Gasteiger partial charge is 0.277 e. The van der Waals surface area contributed by atoms with Gasteiger partial charge in [-0.3, -0.25) is 4.79 Å². The molecule has 10 heteroatoms. The molecule has 1 atom stereocenters. The van der Waals surface area contributed by atoms with Gasteiger partial charge in [0.05, 0.1) is 24.8 Å². The van der Waals surface area contributed by atoms with Crippen molar-refractivity contribution in [2.45, 2.75) is 24.5 Å². The molecule has 1 fully saturated rings. The highest BCUT2D eigenvalue weighted by atomic mass is 35.5. The van der Waals surface area contributed by atoms with Crippen LogP contribution in [-0.4, -0.2) is 50.7 Å². The van der Waals surface area contributed by atoms with E-state index in [1.165, 1.54) is 4.31 Å². The summed E-state index contributed by atoms with van der Waals surface area (Å²) in [5.74, 6) is -4.50. The normalized spacial score (nSPS) is 18.8. The third-order valence-corrected chi connectivity index (χ3v) is 5.98. The first kappa shape index (κ1) is 22.8. The minimum Gasteiger partial charge on any atom is -0.350 e. The number of nitrogens with two attached hydrogens (primary N) is 1. The van der Waals surface area contributed by atoms with Crippen LogP contribution in [0.3, 0.4) is 0 Å². The van der Waals surface area contributed by atoms with Crippen LogP contribution in [0, 0.1) is 5.92 Å². The molecule has 148 valence electrons. The summed E-state index contributed by atoms with van der Waals surface area (Å²) in [6.07, 6.45) is 0.983. The van der Waals surface area contributed by atoms with E-state index in [4.69, 9.17) is 5.73 Å². The van der Waals surface area contributed by atoms with Gasteiger partial charge in [0.25, 0.3) is 5.92 Å². The number of sulfonamides is 1. The van der Waals surface area contributed by atoms with Gasteiger partial charge in [0.2, 0.25) is 15.9 Å². The van der Waals surface area contributed by atoms with E-state index in [9.17, 15) is 22.0 Å². The van der Waals surface area contributed by atoms with Crippen molar-refractivity contribution in [2.24, 2.45) is 11.7 Å². The summed E-state index contributed by atoms with van der Waals surface area (Å²) in [5.41, 5.74) is 5.60. The molecule has 0 spiro atoms. The maximum atomic E-state index is 13.1. The summed E-state index contributed by atoms with van der Waals surface area (Å²) < 4.78 is 52.6. The van der Waals surface area contributed by atoms with E-state index in [1.54, 1.807) is 30.3 Å². The SMILES string of the molecule is Cl.NCC(F)(F)CNC(=O)C1CCCN(S(=O)(=O)Cc2ccccc2)C1. The molecule has 1 heterocycles. The molecule has 0 aromatic heterocycles. The van der Waals surface area contributed by atoms with E-state index in [0.717, 1.165) is 0 Å². The Balaban J connectivity index is 0.00000338. The van der Waals surface area contributed by atoms with E-state index in [2.05, 4.69) is 5.32 Å². The standard InChI is InChI=1S/C16H23F2N3O3S.ClH/c17-16(18,11-19)12-20-15(22)14-7-4-8-21(9-14)25(23,24)10-13-5-2-1-3-6-13;/h1-3,5-6,14H,4,7-12,19H2,(H,20,22);1H. The largest absolute Gasteiger partial charge is 0.350 e. The zero-order valence-electron chi connectivity index (χ0n) is 14.2. The molecule has 0 bridgehead atoms. The number of carbonyl (C=O) groups is 1. The third-order valence-electron chi connectivity index (χ3n) is 4.16. The molecule has 1 aliphatic heterocycles. The van der Waals surface area contributed by atoms with Crippen LogP contribution >= 0.6 is 12.4 Å². The lowest BCUT2D eigenvalue weighted by Crippen LogP contribution is -2.48. The van der Waals surface area contributed by atoms with Gasteiger partial charge in [-0.1, -0.05) is 30.3 Å². The Morgan fingerprint density at radius 2 is 1.96 bits per heavy atom. The molecule has 1 aliphatic rings. The van der Waals surface area contributed by atoms with E-state index in [-0.39, 0.29) is 24.7 Å². The maximum absolute atomic E-state index is 13.1. The number of amides is 1. The van der Waals surface area contributed by atoms with Crippen LogP contribution in [0.15, 0.2) is 30.3 Å². The van der Waals surface area contributed by atoms with E-state index in [0.29, 0.717) is 24.9 Å². The number of piperidine rings is 1. The van der Waals surface area contributed by atoms with E-state index >= 15 is 0 Å². The fourth-order valence-corrected chi connectivity index (χ4v) is 4.33. The monoisotopic (exact) mass is 411 g/mol. The predicted molar refractivity (Wildman–Crippen MR) is 97.6 cm³/mol. The van der Waals surface area contributed by atoms with Crippen molar-refractivity contribution < 1.29 is 22.0 Å². The number of hydrogen-bond donors (Lipinski definition) is 2. The lowest BCUT2D eigenvalue weighted by Gasteiger charge is -2.31. The summed E-state index contributed by atoms with van der Waals surface area (Å²) in [4.78, 5) is 12.1. The second-order valence-electron chi connectivity index (χ2n) is 6.22. The summed E-state index contributed by atoms with van der Waals surface area (Å²) in [6, 6.07) is 8.76. The number of benzene rings is 1. The zero-order valence-corrected chi connectivity index (χ0v) is 15.9. The van der Waals surface area contributed by atoms with Crippen LogP contribution in [0.4, 0.5) is 8.78 Å². The number of rotatable bonds is 7. The number of carbonyl (C=O) groups excluding carboxylic acids is 1. The number of alkyl halides is 2. The van der Waals surface area contributed by atoms with Gasteiger partial charge in [0.15, 0.2) is 0 Å². The fraction of sp³-hybridized carbons (Fsp3) is 0.562. The highest BCUT2D eigenvalue weighted by molar-refractivity contribution is 7.88. The molecule has 0 saturated carbocycles. The van der Waals surface area contributed by atoms with Crippen LogP contribution in [0.2, 0.25) is 0 Å². The lowest BCUT2D eigenvalue weighted by molar-refractivity contribution is -0.127. The molecule has 1 saturated heterocycles. The summed E-state index contributed by atoms with van der Waals surface area (Å²) in [6.45, 7) is -1.35. The van der Waals surface area contributed by atoms with Gasteiger partial charge < -0.3 is 11.1 Å². The highest BCUT2D eigenvalue weighted by Crippen LogP contribution is 2.22. The van der Waals surface area contributed by atoms with Gasteiger partial charge in [-0.15, -0.1) is 12.4 Å². The van der Waals surface area contributed by atoms with Crippen LogP contribution < -0.4 is 11.1 Å². The zero-order chi connectivity index (χ0) is 18.5. The Morgan fingerprint density at radius 3 is 2.58 bits per heavy atom. The van der Waals surface area contributed by atoms with E-state index < -0.39 is 40.9 Å². The van der Waals surface area contributed by atoms with Gasteiger partial charge in [-0.25, -0.2) is 21.5 Å². The number of nitrogens with zero attached hydrogens (tertiary/aromatic N) is 1. The molecule has 6 nitrogen and oxygen atoms in total. The first-order chi connectivity index (χ1) is 11.7. The Labute approximate surface area is 158 Å². The fourth-order valence-electron chi connectivity index (χ4n) is 2.72. The molecule has 1 unspecified atom stereocenters. The van der Waals surface area contributed by atoms with Crippen LogP contribution in [0.5, 0.6) is 0 Å². The quantitative estimate of drug-likeness (QED) is 0.708. The van der Waals surface area contributed by atoms with Crippen LogP contribution in [0.25, 0.3) is 0 Å². The second-order valence-corrected chi connectivity index (χ2v) is 8.19. The average Bonchev–Trinajstić information content (AvgIpc) is 2.60. The Bertz CT molecular complexity index is 689. The number of hydrogen-bond acceptors (Lipinski definition) is 4. The van der Waals surface area contributed by atoms with Gasteiger partial charge in [0.1, 0.15) is 0 Å². The lowest BCUT2D eigenvalue weighted by atomic mass is 9.99. The van der Waals surface area contributed by atoms with Gasteiger partial charge in [-0.2, -0.15) is 0 Å². The van der Waals surface area contributed by atoms with Crippen LogP contribution in [-0.2, 0) is 20.6 Å². The predicted octanol–water partition coefficient (Wildman–Crippen LogP) is 1.36. The minimum atomic E-state index is -3.57. The van der Waals surface area contributed by atoms with E-state index in [1.807, 2.05) is 0 Å². The van der Waals surface area contributed by atoms with Gasteiger partial charge >= 0.3 is 0 Å². The molecule has 1 aromatic rings. The molecule has 1 aromatic carbocycles. The Hall–Kier alpha value is -1.29. The Kier molecular flexibility index (Phi) is 8.39. The first-order valence-electron chi connectivity index (χ1n) is 8.11. The molecule has 2 rings (SSSR count). The highest BCUT2D eigenvalue weighted by Gasteiger charge is 2.34. The summed E-state index contributed by atoms with van der Waals surface area (Å²) in [7, 11) is -3.57. The second kappa shape index (κ2) is 9.59. The molecular weight excluding hydrogens is 388 g/mol. The number of halogens is 3. The third kappa shape index (κ3) is 6.46. The average molecular weight is 412 g/mol. The van der Waals surface area contributed by atoms with Crippen molar-refractivity contribution in [3.8, 4) is 0 Å². The molecular formula is C16H24ClF2N3O3S. The van der Waals surface area contributed by atoms with Gasteiger partial charge in [0, 0.05) is 13.1 Å². The summed E-state index contributed by atoms with van der Waals surface area (Å²) in [5, 5.41) is 2.17. The van der Waals surface area contributed by atoms with Crippen molar-refractivity contribution in [1.29, 1.82) is 0 Å². The number of nitrogens with one attached hydrogen (secondary N) is 1. The van der Waals surface area contributed by atoms with Crippen LogP contribution in [0.1, 0.15) is 18.4 Å². The van der Waals surface area contributed by atoms with Crippen molar-refractivity contribution in [3.05, 3.63) is 35.9 Å². The molecule has 1 amide bonds. The topological polar surface area (TPSA) is 92.5 Å². The van der Waals surface area contributed by atoms with Crippen molar-refractivity contribution in [2.75, 3.05) is 26.2 Å². The van der Waals surface area contributed by atoms with Gasteiger partial charge in [-0.05, 0) is 18.4 Å². The first-order valence-corrected chi connectivity index (χ1v) is 9.72. The maximum Gasteiger partial charge on any atom is 0.277 e. The molecule has 3 N–H and O–H groups in total. The summed E-state index contributed by atoms with van der Waals surface area (Å²) >= 11 is 0. The molecule has 0 aliphatic carbocycles.